The van der Waals surface area contributed by atoms with Crippen molar-refractivity contribution in [3.63, 3.8) is 0 Å². The van der Waals surface area contributed by atoms with Gasteiger partial charge in [-0.25, -0.2) is 0 Å². The number of amides is 1. The molecule has 0 aromatic carbocycles. The van der Waals surface area contributed by atoms with Crippen LogP contribution in [0.15, 0.2) is 0 Å². The minimum atomic E-state index is -0.238. The molecule has 0 bridgehead atoms. The maximum absolute atomic E-state index is 11.8. The molecule has 1 amide bonds. The summed E-state index contributed by atoms with van der Waals surface area (Å²) in [4.78, 5) is 13.4. The number of methoxy groups -OCH3 is 1. The van der Waals surface area contributed by atoms with Crippen molar-refractivity contribution in [2.75, 3.05) is 26.8 Å². The van der Waals surface area contributed by atoms with E-state index >= 15 is 0 Å². The van der Waals surface area contributed by atoms with Crippen molar-refractivity contribution in [1.82, 2.24) is 4.90 Å². The minimum Gasteiger partial charge on any atom is -0.395 e. The first-order valence-corrected chi connectivity index (χ1v) is 5.20. The van der Waals surface area contributed by atoms with Crippen LogP contribution in [-0.4, -0.2) is 54.9 Å². The molecule has 1 atom stereocenters. The van der Waals surface area contributed by atoms with Crippen molar-refractivity contribution >= 4 is 5.91 Å². The second-order valence-electron chi connectivity index (χ2n) is 3.70. The fourth-order valence-electron chi connectivity index (χ4n) is 1.35. The number of nitrogens with two attached hydrogens (primary N) is 1. The van der Waals surface area contributed by atoms with Crippen LogP contribution in [0.3, 0.4) is 0 Å². The van der Waals surface area contributed by atoms with Gasteiger partial charge in [-0.2, -0.15) is 0 Å². The van der Waals surface area contributed by atoms with E-state index in [4.69, 9.17) is 15.6 Å². The Bertz CT molecular complexity index is 182. The Kier molecular flexibility index (Phi) is 7.29. The van der Waals surface area contributed by atoms with Gasteiger partial charge in [0.15, 0.2) is 0 Å². The van der Waals surface area contributed by atoms with E-state index in [2.05, 4.69) is 0 Å². The number of ether oxygens (including phenoxy) is 1. The standard InChI is InChI=1S/C10H22N2O3/c1-8(2)12(4-5-13)10(14)6-9(7-11)15-3/h8-9,13H,4-7,11H2,1-3H3. The Morgan fingerprint density at radius 3 is 2.47 bits per heavy atom. The fourth-order valence-corrected chi connectivity index (χ4v) is 1.35. The van der Waals surface area contributed by atoms with Crippen LogP contribution in [0.25, 0.3) is 0 Å². The third kappa shape index (κ3) is 5.11. The lowest BCUT2D eigenvalue weighted by Crippen LogP contribution is -2.41. The number of aliphatic hydroxyl groups is 1. The number of nitrogens with zero attached hydrogens (tertiary/aromatic N) is 1. The van der Waals surface area contributed by atoms with Crippen molar-refractivity contribution in [2.45, 2.75) is 32.4 Å². The van der Waals surface area contributed by atoms with E-state index < -0.39 is 0 Å². The normalized spacial score (nSPS) is 12.9. The van der Waals surface area contributed by atoms with Crippen LogP contribution in [0.2, 0.25) is 0 Å². The molecule has 5 heteroatoms. The average molecular weight is 218 g/mol. The Morgan fingerprint density at radius 1 is 1.53 bits per heavy atom. The summed E-state index contributed by atoms with van der Waals surface area (Å²) in [5.74, 6) is -0.0312. The molecule has 1 unspecified atom stereocenters. The molecule has 0 saturated heterocycles. The number of hydrogen-bond donors (Lipinski definition) is 2. The molecule has 0 aliphatic heterocycles. The summed E-state index contributed by atoms with van der Waals surface area (Å²) in [6.07, 6.45) is 0.0305. The zero-order valence-electron chi connectivity index (χ0n) is 9.77. The predicted molar refractivity (Wildman–Crippen MR) is 58.4 cm³/mol. The molecule has 0 heterocycles. The molecule has 0 aliphatic carbocycles. The van der Waals surface area contributed by atoms with Gasteiger partial charge in [-0.15, -0.1) is 0 Å². The van der Waals surface area contributed by atoms with Gasteiger partial charge in [0.1, 0.15) is 0 Å². The monoisotopic (exact) mass is 218 g/mol. The highest BCUT2D eigenvalue weighted by atomic mass is 16.5. The van der Waals surface area contributed by atoms with E-state index in [0.29, 0.717) is 13.1 Å². The summed E-state index contributed by atoms with van der Waals surface area (Å²) in [6, 6.07) is 0.0833. The molecule has 0 fully saturated rings. The first-order chi connectivity index (χ1) is 7.06. The summed E-state index contributed by atoms with van der Waals surface area (Å²) < 4.78 is 5.04. The first-order valence-electron chi connectivity index (χ1n) is 5.20. The smallest absolute Gasteiger partial charge is 0.225 e. The number of carbonyl (C=O) groups is 1. The third-order valence-electron chi connectivity index (χ3n) is 2.28. The van der Waals surface area contributed by atoms with Crippen LogP contribution >= 0.6 is 0 Å². The van der Waals surface area contributed by atoms with Gasteiger partial charge in [0.2, 0.25) is 5.91 Å². The van der Waals surface area contributed by atoms with E-state index in [9.17, 15) is 4.79 Å². The summed E-state index contributed by atoms with van der Waals surface area (Å²) in [5.41, 5.74) is 5.44. The van der Waals surface area contributed by atoms with Crippen molar-refractivity contribution in [2.24, 2.45) is 5.73 Å². The lowest BCUT2D eigenvalue weighted by Gasteiger charge is -2.27. The van der Waals surface area contributed by atoms with Gasteiger partial charge in [-0.3, -0.25) is 4.79 Å². The highest BCUT2D eigenvalue weighted by Gasteiger charge is 2.19. The van der Waals surface area contributed by atoms with Gasteiger partial charge in [-0.05, 0) is 13.8 Å². The molecule has 3 N–H and O–H groups in total. The molecule has 0 aromatic heterocycles. The minimum absolute atomic E-state index is 0.0236. The van der Waals surface area contributed by atoms with Gasteiger partial charge in [-0.1, -0.05) is 0 Å². The van der Waals surface area contributed by atoms with E-state index in [1.807, 2.05) is 13.8 Å². The van der Waals surface area contributed by atoms with Crippen molar-refractivity contribution in [1.29, 1.82) is 0 Å². The van der Waals surface area contributed by atoms with E-state index in [1.165, 1.54) is 7.11 Å². The Balaban J connectivity index is 4.24. The van der Waals surface area contributed by atoms with E-state index in [0.717, 1.165) is 0 Å². The Morgan fingerprint density at radius 2 is 2.13 bits per heavy atom. The van der Waals surface area contributed by atoms with Crippen molar-refractivity contribution in [3.05, 3.63) is 0 Å². The van der Waals surface area contributed by atoms with Gasteiger partial charge >= 0.3 is 0 Å². The van der Waals surface area contributed by atoms with Crippen LogP contribution in [0.4, 0.5) is 0 Å². The molecular formula is C10H22N2O3. The summed E-state index contributed by atoms with van der Waals surface area (Å²) in [6.45, 7) is 4.49. The summed E-state index contributed by atoms with van der Waals surface area (Å²) in [7, 11) is 1.54. The predicted octanol–water partition coefficient (Wildman–Crippen LogP) is -0.420. The quantitative estimate of drug-likeness (QED) is 0.608. The molecular weight excluding hydrogens is 196 g/mol. The second-order valence-corrected chi connectivity index (χ2v) is 3.70. The second kappa shape index (κ2) is 7.62. The Hall–Kier alpha value is -0.650. The molecule has 0 aromatic rings. The highest BCUT2D eigenvalue weighted by Crippen LogP contribution is 2.05. The number of rotatable bonds is 7. The van der Waals surface area contributed by atoms with Crippen LogP contribution in [0.5, 0.6) is 0 Å². The largest absolute Gasteiger partial charge is 0.395 e. The van der Waals surface area contributed by atoms with Crippen LogP contribution in [0.1, 0.15) is 20.3 Å². The molecule has 5 nitrogen and oxygen atoms in total. The molecule has 90 valence electrons. The fraction of sp³-hybridized carbons (Fsp3) is 0.900. The highest BCUT2D eigenvalue weighted by molar-refractivity contribution is 5.77. The third-order valence-corrected chi connectivity index (χ3v) is 2.28. The number of carbonyl (C=O) groups excluding carboxylic acids is 1. The van der Waals surface area contributed by atoms with E-state index in [-0.39, 0.29) is 31.1 Å². The number of hydrogen-bond acceptors (Lipinski definition) is 4. The molecule has 0 aliphatic rings. The van der Waals surface area contributed by atoms with Gasteiger partial charge < -0.3 is 20.5 Å². The first kappa shape index (κ1) is 14.3. The van der Waals surface area contributed by atoms with Crippen LogP contribution < -0.4 is 5.73 Å². The molecule has 0 spiro atoms. The molecule has 0 radical (unpaired) electrons. The number of aliphatic hydroxyl groups excluding tert-OH is 1. The topological polar surface area (TPSA) is 75.8 Å². The maximum atomic E-state index is 11.8. The van der Waals surface area contributed by atoms with Crippen LogP contribution in [-0.2, 0) is 9.53 Å². The van der Waals surface area contributed by atoms with E-state index in [1.54, 1.807) is 4.90 Å². The SMILES string of the molecule is COC(CN)CC(=O)N(CCO)C(C)C. The van der Waals surface area contributed by atoms with Crippen molar-refractivity contribution in [3.8, 4) is 0 Å². The molecule has 0 rings (SSSR count). The summed E-state index contributed by atoms with van der Waals surface area (Å²) in [5, 5.41) is 8.83. The lowest BCUT2D eigenvalue weighted by atomic mass is 10.2. The zero-order chi connectivity index (χ0) is 11.8. The van der Waals surface area contributed by atoms with Gasteiger partial charge in [0.05, 0.1) is 19.1 Å². The molecule has 15 heavy (non-hydrogen) atoms. The maximum Gasteiger partial charge on any atom is 0.225 e. The Labute approximate surface area is 91.2 Å². The molecule has 0 saturated carbocycles. The summed E-state index contributed by atoms with van der Waals surface area (Å²) >= 11 is 0. The lowest BCUT2D eigenvalue weighted by molar-refractivity contribution is -0.135. The van der Waals surface area contributed by atoms with Gasteiger partial charge in [0, 0.05) is 26.2 Å². The average Bonchev–Trinajstić information content (AvgIpc) is 2.21. The zero-order valence-corrected chi connectivity index (χ0v) is 9.77. The van der Waals surface area contributed by atoms with Crippen molar-refractivity contribution < 1.29 is 14.6 Å². The van der Waals surface area contributed by atoms with Gasteiger partial charge in [0.25, 0.3) is 0 Å². The van der Waals surface area contributed by atoms with Crippen LogP contribution in [0, 0.1) is 0 Å².